The number of benzene rings is 1. The Labute approximate surface area is 113 Å². The Kier molecular flexibility index (Phi) is 5.08. The molecule has 0 radical (unpaired) electrons. The smallest absolute Gasteiger partial charge is 0.254 e. The molecule has 0 aliphatic rings. The average molecular weight is 262 g/mol. The van der Waals surface area contributed by atoms with Crippen LogP contribution in [0.2, 0.25) is 0 Å². The maximum absolute atomic E-state index is 13.8. The minimum atomic E-state index is -0.576. The van der Waals surface area contributed by atoms with E-state index in [0.717, 1.165) is 6.42 Å². The van der Waals surface area contributed by atoms with Crippen molar-refractivity contribution < 1.29 is 9.18 Å². The number of amides is 1. The second-order valence-corrected chi connectivity index (χ2v) is 4.89. The number of carbonyl (C=O) groups excluding carboxylic acids is 1. The topological polar surface area (TPSA) is 55.1 Å². The molecule has 1 amide bonds. The van der Waals surface area contributed by atoms with Crippen LogP contribution in [0, 0.1) is 17.7 Å². The zero-order valence-electron chi connectivity index (χ0n) is 11.5. The zero-order chi connectivity index (χ0) is 14.5. The van der Waals surface area contributed by atoms with Crippen molar-refractivity contribution in [3.05, 3.63) is 35.1 Å². The Balaban J connectivity index is 2.94. The molecule has 0 spiro atoms. The van der Waals surface area contributed by atoms with Gasteiger partial charge in [-0.3, -0.25) is 4.79 Å². The maximum Gasteiger partial charge on any atom is 0.254 e. The highest BCUT2D eigenvalue weighted by molar-refractivity contribution is 5.95. The van der Waals surface area contributed by atoms with Gasteiger partial charge in [0.05, 0.1) is 12.1 Å². The molecular weight excluding hydrogens is 243 g/mol. The van der Waals surface area contributed by atoms with Gasteiger partial charge in [-0.05, 0) is 38.5 Å². The van der Waals surface area contributed by atoms with E-state index in [1.54, 1.807) is 6.07 Å². The highest BCUT2D eigenvalue weighted by Gasteiger charge is 2.20. The summed E-state index contributed by atoms with van der Waals surface area (Å²) in [6, 6.07) is 4.30. The second-order valence-electron chi connectivity index (χ2n) is 4.89. The van der Waals surface area contributed by atoms with Crippen LogP contribution in [0.3, 0.4) is 0 Å². The largest absolute Gasteiger partial charge is 0.347 e. The van der Waals surface area contributed by atoms with Gasteiger partial charge in [0.25, 0.3) is 5.91 Å². The van der Waals surface area contributed by atoms with E-state index in [1.165, 1.54) is 12.1 Å². The van der Waals surface area contributed by atoms with Gasteiger partial charge in [0.1, 0.15) is 5.82 Å². The Morgan fingerprint density at radius 1 is 1.47 bits per heavy atom. The van der Waals surface area contributed by atoms with Crippen molar-refractivity contribution in [3.63, 3.8) is 0 Å². The monoisotopic (exact) mass is 262 g/mol. The van der Waals surface area contributed by atoms with Crippen LogP contribution < -0.4 is 11.1 Å². The third-order valence-corrected chi connectivity index (χ3v) is 2.88. The summed E-state index contributed by atoms with van der Waals surface area (Å²) in [6.07, 6.45) is 0.764. The molecule has 0 aromatic heterocycles. The van der Waals surface area contributed by atoms with Gasteiger partial charge in [0, 0.05) is 11.1 Å². The lowest BCUT2D eigenvalue weighted by Crippen LogP contribution is -2.43. The number of nitrogens with two attached hydrogens (primary N) is 1. The van der Waals surface area contributed by atoms with Gasteiger partial charge in [-0.2, -0.15) is 0 Å². The first-order chi connectivity index (χ1) is 8.89. The Hall–Kier alpha value is -1.86. The van der Waals surface area contributed by atoms with Crippen LogP contribution in [-0.4, -0.2) is 18.0 Å². The Morgan fingerprint density at radius 2 is 2.16 bits per heavy atom. The molecular formula is C15H19FN2O. The van der Waals surface area contributed by atoms with E-state index in [0.29, 0.717) is 5.56 Å². The molecule has 4 heteroatoms. The lowest BCUT2D eigenvalue weighted by atomic mass is 10.0. The predicted molar refractivity (Wildman–Crippen MR) is 74.2 cm³/mol. The van der Waals surface area contributed by atoms with Crippen molar-refractivity contribution in [3.8, 4) is 11.8 Å². The lowest BCUT2D eigenvalue weighted by molar-refractivity contribution is 0.0907. The van der Waals surface area contributed by atoms with Gasteiger partial charge in [0.2, 0.25) is 0 Å². The Bertz CT molecular complexity index is 527. The van der Waals surface area contributed by atoms with Crippen molar-refractivity contribution in [2.24, 2.45) is 5.73 Å². The third-order valence-electron chi connectivity index (χ3n) is 2.88. The fourth-order valence-electron chi connectivity index (χ4n) is 1.39. The van der Waals surface area contributed by atoms with Crippen molar-refractivity contribution in [2.45, 2.75) is 32.7 Å². The van der Waals surface area contributed by atoms with E-state index in [2.05, 4.69) is 17.2 Å². The Morgan fingerprint density at radius 3 is 2.68 bits per heavy atom. The molecule has 0 aliphatic carbocycles. The maximum atomic E-state index is 13.8. The third kappa shape index (κ3) is 4.38. The number of carbonyl (C=O) groups is 1. The molecule has 19 heavy (non-hydrogen) atoms. The van der Waals surface area contributed by atoms with E-state index in [1.807, 2.05) is 20.8 Å². The standard InChI is InChI=1S/C15H19FN2O/c1-4-15(2,3)18-14(19)12-8-7-11(6-5-9-17)10-13(12)16/h7-8,10H,4,9,17H2,1-3H3,(H,18,19). The first-order valence-electron chi connectivity index (χ1n) is 6.20. The fourth-order valence-corrected chi connectivity index (χ4v) is 1.39. The van der Waals surface area contributed by atoms with E-state index in [-0.39, 0.29) is 17.6 Å². The minimum absolute atomic E-state index is 0.0276. The van der Waals surface area contributed by atoms with Crippen LogP contribution in [-0.2, 0) is 0 Å². The quantitative estimate of drug-likeness (QED) is 0.819. The number of hydrogen-bond donors (Lipinski definition) is 2. The summed E-state index contributed by atoms with van der Waals surface area (Å²) in [5, 5.41) is 2.79. The van der Waals surface area contributed by atoms with E-state index in [9.17, 15) is 9.18 Å². The fraction of sp³-hybridized carbons (Fsp3) is 0.400. The predicted octanol–water partition coefficient (Wildman–Crippen LogP) is 2.05. The number of hydrogen-bond acceptors (Lipinski definition) is 2. The molecule has 0 saturated carbocycles. The molecule has 0 unspecified atom stereocenters. The number of rotatable bonds is 3. The first-order valence-corrected chi connectivity index (χ1v) is 6.20. The molecule has 3 N–H and O–H groups in total. The summed E-state index contributed by atoms with van der Waals surface area (Å²) in [5.74, 6) is 4.37. The highest BCUT2D eigenvalue weighted by atomic mass is 19.1. The second kappa shape index (κ2) is 6.35. The average Bonchev–Trinajstić information content (AvgIpc) is 2.35. The summed E-state index contributed by atoms with van der Waals surface area (Å²) in [4.78, 5) is 12.0. The van der Waals surface area contributed by atoms with Crippen LogP contribution in [0.1, 0.15) is 43.1 Å². The van der Waals surface area contributed by atoms with E-state index < -0.39 is 11.7 Å². The molecule has 102 valence electrons. The molecule has 1 aromatic carbocycles. The van der Waals surface area contributed by atoms with Crippen LogP contribution in [0.15, 0.2) is 18.2 Å². The van der Waals surface area contributed by atoms with Crippen molar-refractivity contribution in [1.29, 1.82) is 0 Å². The van der Waals surface area contributed by atoms with Gasteiger partial charge in [-0.25, -0.2) is 4.39 Å². The molecule has 0 saturated heterocycles. The summed E-state index contributed by atoms with van der Waals surface area (Å²) in [5.41, 5.74) is 5.42. The van der Waals surface area contributed by atoms with Gasteiger partial charge in [-0.15, -0.1) is 0 Å². The summed E-state index contributed by atoms with van der Waals surface area (Å²) in [7, 11) is 0. The summed E-state index contributed by atoms with van der Waals surface area (Å²) >= 11 is 0. The van der Waals surface area contributed by atoms with Crippen molar-refractivity contribution in [1.82, 2.24) is 5.32 Å². The van der Waals surface area contributed by atoms with Crippen molar-refractivity contribution >= 4 is 5.91 Å². The van der Waals surface area contributed by atoms with Gasteiger partial charge in [-0.1, -0.05) is 18.8 Å². The number of nitrogens with one attached hydrogen (secondary N) is 1. The van der Waals surface area contributed by atoms with Crippen LogP contribution in [0.5, 0.6) is 0 Å². The minimum Gasteiger partial charge on any atom is -0.347 e. The molecule has 0 atom stereocenters. The molecule has 0 heterocycles. The molecule has 0 fully saturated rings. The molecule has 1 aromatic rings. The van der Waals surface area contributed by atoms with E-state index in [4.69, 9.17) is 5.73 Å². The highest BCUT2D eigenvalue weighted by Crippen LogP contribution is 2.13. The van der Waals surface area contributed by atoms with Gasteiger partial charge >= 0.3 is 0 Å². The van der Waals surface area contributed by atoms with Gasteiger partial charge < -0.3 is 11.1 Å². The first kappa shape index (κ1) is 15.2. The molecule has 0 bridgehead atoms. The normalized spacial score (nSPS) is 10.6. The van der Waals surface area contributed by atoms with Gasteiger partial charge in [0.15, 0.2) is 0 Å². The zero-order valence-corrected chi connectivity index (χ0v) is 11.5. The van der Waals surface area contributed by atoms with Crippen molar-refractivity contribution in [2.75, 3.05) is 6.54 Å². The van der Waals surface area contributed by atoms with Crippen LogP contribution in [0.25, 0.3) is 0 Å². The molecule has 0 aliphatic heterocycles. The summed E-state index contributed by atoms with van der Waals surface area (Å²) < 4.78 is 13.8. The molecule has 1 rings (SSSR count). The summed E-state index contributed by atoms with van der Waals surface area (Å²) in [6.45, 7) is 5.96. The van der Waals surface area contributed by atoms with Crippen LogP contribution in [0.4, 0.5) is 4.39 Å². The van der Waals surface area contributed by atoms with E-state index >= 15 is 0 Å². The van der Waals surface area contributed by atoms with Crippen LogP contribution >= 0.6 is 0 Å². The number of halogens is 1. The SMILES string of the molecule is CCC(C)(C)NC(=O)c1ccc(C#CCN)cc1F. The molecule has 3 nitrogen and oxygen atoms in total. The lowest BCUT2D eigenvalue weighted by Gasteiger charge is -2.24.